The molecule has 1 aromatic heterocycles. The van der Waals surface area contributed by atoms with Crippen molar-refractivity contribution in [2.75, 3.05) is 11.9 Å². The number of para-hydroxylation sites is 2. The predicted octanol–water partition coefficient (Wildman–Crippen LogP) is 3.11. The highest BCUT2D eigenvalue weighted by atomic mass is 16.3. The van der Waals surface area contributed by atoms with E-state index in [0.29, 0.717) is 13.1 Å². The van der Waals surface area contributed by atoms with Crippen LogP contribution in [0, 0.1) is 0 Å². The smallest absolute Gasteiger partial charge is 0.0891 e. The van der Waals surface area contributed by atoms with Gasteiger partial charge in [0.2, 0.25) is 0 Å². The summed E-state index contributed by atoms with van der Waals surface area (Å²) in [6.45, 7) is 1.13. The quantitative estimate of drug-likeness (QED) is 0.744. The Balaban J connectivity index is 1.63. The maximum atomic E-state index is 10.2. The third-order valence-electron chi connectivity index (χ3n) is 3.40. The van der Waals surface area contributed by atoms with Gasteiger partial charge in [-0.2, -0.15) is 0 Å². The van der Waals surface area contributed by atoms with Crippen LogP contribution in [-0.2, 0) is 6.54 Å². The molecular weight excluding hydrogens is 248 g/mol. The normalized spacial score (nSPS) is 12.4. The number of nitrogens with one attached hydrogen (secondary N) is 1. The summed E-state index contributed by atoms with van der Waals surface area (Å²) in [6.07, 6.45) is 1.60. The lowest BCUT2D eigenvalue weighted by Crippen LogP contribution is -2.24. The van der Waals surface area contributed by atoms with Crippen molar-refractivity contribution in [3.8, 4) is 0 Å². The Morgan fingerprint density at radius 3 is 2.55 bits per heavy atom. The molecule has 3 heteroatoms. The minimum Gasteiger partial charge on any atom is -0.389 e. The summed E-state index contributed by atoms with van der Waals surface area (Å²) in [5.41, 5.74) is 2.19. The number of rotatable bonds is 5. The minimum atomic E-state index is -0.425. The van der Waals surface area contributed by atoms with E-state index in [2.05, 4.69) is 28.1 Å². The third kappa shape index (κ3) is 2.83. The first-order chi connectivity index (χ1) is 9.83. The zero-order valence-corrected chi connectivity index (χ0v) is 11.2. The van der Waals surface area contributed by atoms with Gasteiger partial charge in [0.1, 0.15) is 0 Å². The predicted molar refractivity (Wildman–Crippen MR) is 82.9 cm³/mol. The summed E-state index contributed by atoms with van der Waals surface area (Å²) < 4.78 is 2.09. The van der Waals surface area contributed by atoms with Crippen LogP contribution >= 0.6 is 0 Å². The van der Waals surface area contributed by atoms with E-state index in [-0.39, 0.29) is 0 Å². The van der Waals surface area contributed by atoms with E-state index >= 15 is 0 Å². The van der Waals surface area contributed by atoms with Crippen LogP contribution < -0.4 is 5.32 Å². The Morgan fingerprint density at radius 2 is 1.70 bits per heavy atom. The van der Waals surface area contributed by atoms with Gasteiger partial charge in [0.25, 0.3) is 0 Å². The van der Waals surface area contributed by atoms with Gasteiger partial charge in [0.15, 0.2) is 0 Å². The number of anilines is 1. The van der Waals surface area contributed by atoms with Crippen LogP contribution in [0.5, 0.6) is 0 Å². The summed E-state index contributed by atoms with van der Waals surface area (Å²) in [7, 11) is 0. The molecule has 0 unspecified atom stereocenters. The Kier molecular flexibility index (Phi) is 3.70. The molecule has 3 aromatic rings. The topological polar surface area (TPSA) is 37.2 Å². The average Bonchev–Trinajstić information content (AvgIpc) is 2.90. The second-order valence-electron chi connectivity index (χ2n) is 4.93. The van der Waals surface area contributed by atoms with Crippen molar-refractivity contribution in [2.24, 2.45) is 0 Å². The van der Waals surface area contributed by atoms with Gasteiger partial charge in [-0.1, -0.05) is 36.4 Å². The molecule has 0 aliphatic heterocycles. The third-order valence-corrected chi connectivity index (χ3v) is 3.40. The molecule has 0 aliphatic carbocycles. The number of nitrogens with zero attached hydrogens (tertiary/aromatic N) is 1. The lowest BCUT2D eigenvalue weighted by molar-refractivity contribution is 0.168. The summed E-state index contributed by atoms with van der Waals surface area (Å²) in [6, 6.07) is 20.2. The maximum absolute atomic E-state index is 10.2. The molecule has 0 spiro atoms. The van der Waals surface area contributed by atoms with E-state index in [1.54, 1.807) is 0 Å². The maximum Gasteiger partial charge on any atom is 0.0891 e. The molecule has 0 bridgehead atoms. The van der Waals surface area contributed by atoms with Crippen molar-refractivity contribution < 1.29 is 5.11 Å². The zero-order chi connectivity index (χ0) is 13.8. The fourth-order valence-corrected chi connectivity index (χ4v) is 2.38. The van der Waals surface area contributed by atoms with Crippen molar-refractivity contribution in [3.05, 3.63) is 66.9 Å². The second kappa shape index (κ2) is 5.80. The number of benzene rings is 2. The van der Waals surface area contributed by atoms with Crippen molar-refractivity contribution in [3.63, 3.8) is 0 Å². The fourth-order valence-electron chi connectivity index (χ4n) is 2.38. The highest BCUT2D eigenvalue weighted by molar-refractivity contribution is 5.79. The Hall–Kier alpha value is -2.26. The van der Waals surface area contributed by atoms with Crippen LogP contribution in [0.1, 0.15) is 0 Å². The van der Waals surface area contributed by atoms with Gasteiger partial charge in [-0.15, -0.1) is 0 Å². The molecule has 20 heavy (non-hydrogen) atoms. The summed E-state index contributed by atoms with van der Waals surface area (Å²) >= 11 is 0. The molecular formula is C17H18N2O. The Bertz CT molecular complexity index is 676. The zero-order valence-electron chi connectivity index (χ0n) is 11.2. The molecule has 0 radical (unpaired) electrons. The lowest BCUT2D eigenvalue weighted by atomic mass is 10.2. The van der Waals surface area contributed by atoms with Crippen LogP contribution in [0.3, 0.4) is 0 Å². The van der Waals surface area contributed by atoms with Crippen molar-refractivity contribution in [1.82, 2.24) is 4.57 Å². The van der Waals surface area contributed by atoms with Gasteiger partial charge in [0.05, 0.1) is 12.6 Å². The Morgan fingerprint density at radius 1 is 0.950 bits per heavy atom. The van der Waals surface area contributed by atoms with Gasteiger partial charge < -0.3 is 15.0 Å². The van der Waals surface area contributed by atoms with E-state index in [4.69, 9.17) is 0 Å². The first-order valence-corrected chi connectivity index (χ1v) is 6.84. The molecule has 0 saturated heterocycles. The van der Waals surface area contributed by atoms with Gasteiger partial charge in [-0.25, -0.2) is 0 Å². The summed E-state index contributed by atoms with van der Waals surface area (Å²) in [5.74, 6) is 0. The van der Waals surface area contributed by atoms with Crippen LogP contribution in [0.25, 0.3) is 10.9 Å². The van der Waals surface area contributed by atoms with Crippen LogP contribution in [0.15, 0.2) is 66.9 Å². The molecule has 0 fully saturated rings. The highest BCUT2D eigenvalue weighted by Crippen LogP contribution is 2.15. The molecule has 2 N–H and O–H groups in total. The molecule has 0 amide bonds. The number of hydrogen-bond acceptors (Lipinski definition) is 2. The van der Waals surface area contributed by atoms with E-state index in [9.17, 15) is 5.11 Å². The van der Waals surface area contributed by atoms with Crippen LogP contribution in [0.2, 0.25) is 0 Å². The largest absolute Gasteiger partial charge is 0.389 e. The molecule has 0 saturated carbocycles. The van der Waals surface area contributed by atoms with Crippen molar-refractivity contribution in [2.45, 2.75) is 12.6 Å². The number of aromatic nitrogens is 1. The summed E-state index contributed by atoms with van der Waals surface area (Å²) in [5, 5.41) is 14.6. The lowest BCUT2D eigenvalue weighted by Gasteiger charge is -2.14. The van der Waals surface area contributed by atoms with Crippen molar-refractivity contribution >= 4 is 16.6 Å². The fraction of sp³-hybridized carbons (Fsp3) is 0.176. The average molecular weight is 266 g/mol. The number of aliphatic hydroxyl groups excluding tert-OH is 1. The first kappa shape index (κ1) is 12.8. The van der Waals surface area contributed by atoms with Gasteiger partial charge in [0, 0.05) is 23.9 Å². The monoisotopic (exact) mass is 266 g/mol. The van der Waals surface area contributed by atoms with Gasteiger partial charge in [-0.3, -0.25) is 0 Å². The molecule has 0 aliphatic rings. The summed E-state index contributed by atoms with van der Waals surface area (Å²) in [4.78, 5) is 0. The van der Waals surface area contributed by atoms with Gasteiger partial charge >= 0.3 is 0 Å². The first-order valence-electron chi connectivity index (χ1n) is 6.84. The van der Waals surface area contributed by atoms with Gasteiger partial charge in [-0.05, 0) is 29.7 Å². The van der Waals surface area contributed by atoms with Crippen LogP contribution in [0.4, 0.5) is 5.69 Å². The van der Waals surface area contributed by atoms with E-state index in [1.807, 2.05) is 48.7 Å². The number of aliphatic hydroxyl groups is 1. The van der Waals surface area contributed by atoms with E-state index in [1.165, 1.54) is 5.39 Å². The SMILES string of the molecule is O[C@H](CNc1ccccc1)Cn1ccc2ccccc21. The number of fused-ring (bicyclic) bond motifs is 1. The van der Waals surface area contributed by atoms with Crippen LogP contribution in [-0.4, -0.2) is 22.3 Å². The molecule has 102 valence electrons. The molecule has 2 aromatic carbocycles. The Labute approximate surface area is 118 Å². The van der Waals surface area contributed by atoms with Crippen molar-refractivity contribution in [1.29, 1.82) is 0 Å². The molecule has 1 atom stereocenters. The highest BCUT2D eigenvalue weighted by Gasteiger charge is 2.07. The second-order valence-corrected chi connectivity index (χ2v) is 4.93. The van der Waals surface area contributed by atoms with E-state index < -0.39 is 6.10 Å². The molecule has 3 rings (SSSR count). The molecule has 1 heterocycles. The number of hydrogen-bond donors (Lipinski definition) is 2. The minimum absolute atomic E-state index is 0.425. The standard InChI is InChI=1S/C17H18N2O/c20-16(12-18-15-7-2-1-3-8-15)13-19-11-10-14-6-4-5-9-17(14)19/h1-11,16,18,20H,12-13H2/t16-/m1/s1. The van der Waals surface area contributed by atoms with E-state index in [0.717, 1.165) is 11.2 Å². The molecule has 3 nitrogen and oxygen atoms in total.